The van der Waals surface area contributed by atoms with Gasteiger partial charge in [-0.25, -0.2) is 0 Å². The first-order valence-electron chi connectivity index (χ1n) is 7.73. The van der Waals surface area contributed by atoms with Gasteiger partial charge >= 0.3 is 0 Å². The number of likely N-dealkylation sites (tertiary alicyclic amines) is 1. The van der Waals surface area contributed by atoms with Crippen LogP contribution in [0.3, 0.4) is 0 Å². The average molecular weight is 285 g/mol. The lowest BCUT2D eigenvalue weighted by molar-refractivity contribution is 0.0949. The molecule has 1 saturated heterocycles. The Bertz CT molecular complexity index is 521. The number of amides is 1. The summed E-state index contributed by atoms with van der Waals surface area (Å²) < 4.78 is 0. The Balaban J connectivity index is 1.73. The molecule has 1 aromatic carbocycles. The molecule has 0 spiro atoms. The summed E-state index contributed by atoms with van der Waals surface area (Å²) in [5.74, 6) is -0.0983. The van der Waals surface area contributed by atoms with Crippen molar-refractivity contribution < 1.29 is 4.79 Å². The fourth-order valence-electron chi connectivity index (χ4n) is 2.81. The minimum atomic E-state index is -0.0983. The first-order chi connectivity index (χ1) is 10.2. The van der Waals surface area contributed by atoms with Gasteiger partial charge in [-0.3, -0.25) is 4.79 Å². The highest BCUT2D eigenvalue weighted by Crippen LogP contribution is 2.16. The fourth-order valence-corrected chi connectivity index (χ4v) is 2.81. The molecule has 1 aliphatic heterocycles. The highest BCUT2D eigenvalue weighted by Gasteiger charge is 2.17. The maximum Gasteiger partial charge on any atom is 0.251 e. The minimum Gasteiger partial charge on any atom is -0.352 e. The van der Waals surface area contributed by atoms with Gasteiger partial charge in [0.25, 0.3) is 5.91 Å². The van der Waals surface area contributed by atoms with Crippen LogP contribution in [0.25, 0.3) is 0 Å². The summed E-state index contributed by atoms with van der Waals surface area (Å²) in [6.07, 6.45) is 4.88. The quantitative estimate of drug-likeness (QED) is 0.846. The Morgan fingerprint density at radius 2 is 2.33 bits per heavy atom. The van der Waals surface area contributed by atoms with Crippen molar-refractivity contribution in [2.24, 2.45) is 0 Å². The van der Waals surface area contributed by atoms with Crippen molar-refractivity contribution in [2.75, 3.05) is 19.6 Å². The van der Waals surface area contributed by atoms with Gasteiger partial charge in [-0.05, 0) is 50.9 Å². The zero-order valence-electron chi connectivity index (χ0n) is 12.6. The number of hydrogen-bond acceptors (Lipinski definition) is 3. The topological polar surface area (TPSA) is 56.1 Å². The first kappa shape index (κ1) is 15.5. The number of benzene rings is 1. The summed E-state index contributed by atoms with van der Waals surface area (Å²) in [7, 11) is 0. The standard InChI is InChI=1S/C17H23N3O/c1-14-6-2-3-10-20(14)11-5-9-19-17(21)16-8-4-7-15(12-16)13-18/h4,7-8,12,14H,2-3,5-6,9-11H2,1H3,(H,19,21)/t14-/m0/s1. The summed E-state index contributed by atoms with van der Waals surface area (Å²) in [5, 5.41) is 11.8. The molecule has 0 aromatic heterocycles. The van der Waals surface area contributed by atoms with E-state index in [1.54, 1.807) is 24.3 Å². The molecule has 112 valence electrons. The Labute approximate surface area is 126 Å². The zero-order chi connectivity index (χ0) is 15.1. The lowest BCUT2D eigenvalue weighted by atomic mass is 10.0. The minimum absolute atomic E-state index is 0.0983. The Morgan fingerprint density at radius 3 is 3.10 bits per heavy atom. The second-order valence-electron chi connectivity index (χ2n) is 5.68. The van der Waals surface area contributed by atoms with Gasteiger partial charge in [0.2, 0.25) is 0 Å². The predicted molar refractivity (Wildman–Crippen MR) is 83.0 cm³/mol. The lowest BCUT2D eigenvalue weighted by Crippen LogP contribution is -2.39. The van der Waals surface area contributed by atoms with Crippen LogP contribution in [0.2, 0.25) is 0 Å². The molecule has 2 rings (SSSR count). The van der Waals surface area contributed by atoms with E-state index >= 15 is 0 Å². The third-order valence-electron chi connectivity index (χ3n) is 4.10. The molecular weight excluding hydrogens is 262 g/mol. The summed E-state index contributed by atoms with van der Waals surface area (Å²) in [4.78, 5) is 14.5. The van der Waals surface area contributed by atoms with Crippen molar-refractivity contribution in [1.82, 2.24) is 10.2 Å². The van der Waals surface area contributed by atoms with Crippen molar-refractivity contribution in [1.29, 1.82) is 5.26 Å². The van der Waals surface area contributed by atoms with E-state index in [-0.39, 0.29) is 5.91 Å². The van der Waals surface area contributed by atoms with Crippen LogP contribution < -0.4 is 5.32 Å². The van der Waals surface area contributed by atoms with Crippen LogP contribution >= 0.6 is 0 Å². The second-order valence-corrected chi connectivity index (χ2v) is 5.68. The summed E-state index contributed by atoms with van der Waals surface area (Å²) >= 11 is 0. The van der Waals surface area contributed by atoms with Gasteiger partial charge < -0.3 is 10.2 Å². The highest BCUT2D eigenvalue weighted by molar-refractivity contribution is 5.94. The Morgan fingerprint density at radius 1 is 1.48 bits per heavy atom. The summed E-state index contributed by atoms with van der Waals surface area (Å²) in [5.41, 5.74) is 1.07. The van der Waals surface area contributed by atoms with Crippen LogP contribution in [0.5, 0.6) is 0 Å². The van der Waals surface area contributed by atoms with Crippen molar-refractivity contribution in [3.05, 3.63) is 35.4 Å². The zero-order valence-corrected chi connectivity index (χ0v) is 12.6. The molecule has 0 unspecified atom stereocenters. The number of carbonyl (C=O) groups excluding carboxylic acids is 1. The van der Waals surface area contributed by atoms with Gasteiger partial charge in [-0.2, -0.15) is 5.26 Å². The third kappa shape index (κ3) is 4.57. The van der Waals surface area contributed by atoms with Crippen LogP contribution in [0.1, 0.15) is 48.5 Å². The van der Waals surface area contributed by atoms with E-state index < -0.39 is 0 Å². The van der Waals surface area contributed by atoms with Gasteiger partial charge in [0.15, 0.2) is 0 Å². The van der Waals surface area contributed by atoms with Crippen molar-refractivity contribution in [3.63, 3.8) is 0 Å². The van der Waals surface area contributed by atoms with Gasteiger partial charge in [0, 0.05) is 24.7 Å². The molecule has 21 heavy (non-hydrogen) atoms. The first-order valence-corrected chi connectivity index (χ1v) is 7.73. The molecule has 1 aliphatic rings. The smallest absolute Gasteiger partial charge is 0.251 e. The molecule has 0 radical (unpaired) electrons. The molecule has 1 N–H and O–H groups in total. The lowest BCUT2D eigenvalue weighted by Gasteiger charge is -2.33. The van der Waals surface area contributed by atoms with Gasteiger partial charge in [-0.15, -0.1) is 0 Å². The van der Waals surface area contributed by atoms with Gasteiger partial charge in [-0.1, -0.05) is 12.5 Å². The molecule has 4 heteroatoms. The molecule has 4 nitrogen and oxygen atoms in total. The number of nitriles is 1. The van der Waals surface area contributed by atoms with E-state index in [4.69, 9.17) is 5.26 Å². The second kappa shape index (κ2) is 7.80. The predicted octanol–water partition coefficient (Wildman–Crippen LogP) is 2.55. The van der Waals surface area contributed by atoms with Crippen LogP contribution in [-0.2, 0) is 0 Å². The van der Waals surface area contributed by atoms with Crippen LogP contribution in [0.15, 0.2) is 24.3 Å². The molecule has 1 amide bonds. The maximum atomic E-state index is 12.0. The molecule has 0 aliphatic carbocycles. The normalized spacial score (nSPS) is 19.0. The van der Waals surface area contributed by atoms with Gasteiger partial charge in [0.05, 0.1) is 11.6 Å². The molecule has 1 atom stereocenters. The van der Waals surface area contributed by atoms with Crippen molar-refractivity contribution in [2.45, 2.75) is 38.6 Å². The van der Waals surface area contributed by atoms with Gasteiger partial charge in [0.1, 0.15) is 0 Å². The molecule has 1 aromatic rings. The van der Waals surface area contributed by atoms with E-state index in [9.17, 15) is 4.79 Å². The number of piperidine rings is 1. The Kier molecular flexibility index (Phi) is 5.77. The molecule has 1 heterocycles. The van der Waals surface area contributed by atoms with E-state index in [0.29, 0.717) is 23.7 Å². The van der Waals surface area contributed by atoms with Crippen molar-refractivity contribution in [3.8, 4) is 6.07 Å². The number of rotatable bonds is 5. The van der Waals surface area contributed by atoms with Crippen LogP contribution in [0, 0.1) is 11.3 Å². The van der Waals surface area contributed by atoms with Crippen LogP contribution in [-0.4, -0.2) is 36.5 Å². The van der Waals surface area contributed by atoms with E-state index in [2.05, 4.69) is 23.2 Å². The highest BCUT2D eigenvalue weighted by atomic mass is 16.1. The van der Waals surface area contributed by atoms with Crippen LogP contribution in [0.4, 0.5) is 0 Å². The Hall–Kier alpha value is -1.86. The van der Waals surface area contributed by atoms with E-state index in [0.717, 1.165) is 13.0 Å². The average Bonchev–Trinajstić information content (AvgIpc) is 2.53. The SMILES string of the molecule is C[C@H]1CCCCN1CCCNC(=O)c1cccc(C#N)c1. The monoisotopic (exact) mass is 285 g/mol. The molecule has 0 saturated carbocycles. The number of nitrogens with zero attached hydrogens (tertiary/aromatic N) is 2. The number of carbonyl (C=O) groups is 1. The number of nitrogens with one attached hydrogen (secondary N) is 1. The number of hydrogen-bond donors (Lipinski definition) is 1. The fraction of sp³-hybridized carbons (Fsp3) is 0.529. The summed E-state index contributed by atoms with van der Waals surface area (Å²) in [6.45, 7) is 5.18. The summed E-state index contributed by atoms with van der Waals surface area (Å²) in [6, 6.07) is 9.53. The maximum absolute atomic E-state index is 12.0. The molecule has 1 fully saturated rings. The molecular formula is C17H23N3O. The van der Waals surface area contributed by atoms with E-state index in [1.165, 1.54) is 25.8 Å². The third-order valence-corrected chi connectivity index (χ3v) is 4.10. The van der Waals surface area contributed by atoms with Crippen molar-refractivity contribution >= 4 is 5.91 Å². The van der Waals surface area contributed by atoms with E-state index in [1.807, 2.05) is 0 Å². The largest absolute Gasteiger partial charge is 0.352 e. The molecule has 0 bridgehead atoms.